The van der Waals surface area contributed by atoms with Crippen molar-refractivity contribution in [2.45, 2.75) is 26.9 Å². The number of hydrogen-bond acceptors (Lipinski definition) is 4. The molecule has 7 heteroatoms. The zero-order valence-electron chi connectivity index (χ0n) is 18.4. The van der Waals surface area contributed by atoms with Crippen molar-refractivity contribution in [3.63, 3.8) is 0 Å². The molecule has 5 nitrogen and oxygen atoms in total. The number of imide groups is 1. The Kier molecular flexibility index (Phi) is 5.96. The zero-order valence-corrected chi connectivity index (χ0v) is 18.4. The second-order valence-corrected chi connectivity index (χ2v) is 7.97. The van der Waals surface area contributed by atoms with Crippen LogP contribution in [-0.2, 0) is 9.59 Å². The van der Waals surface area contributed by atoms with Crippen LogP contribution < -0.4 is 15.0 Å². The third-order valence-electron chi connectivity index (χ3n) is 5.07. The fourth-order valence-corrected chi connectivity index (χ4v) is 3.54. The van der Waals surface area contributed by atoms with Crippen molar-refractivity contribution >= 4 is 28.8 Å². The Labute approximate surface area is 190 Å². The number of ether oxygens (including phenoxy) is 1. The number of anilines is 2. The summed E-state index contributed by atoms with van der Waals surface area (Å²) in [6, 6.07) is 16.6. The summed E-state index contributed by atoms with van der Waals surface area (Å²) in [6.07, 6.45) is 0.00316. The van der Waals surface area contributed by atoms with Crippen LogP contribution in [0.1, 0.15) is 25.0 Å². The maximum Gasteiger partial charge on any atom is 0.282 e. The van der Waals surface area contributed by atoms with Gasteiger partial charge in [0.25, 0.3) is 11.8 Å². The molecule has 0 fully saturated rings. The van der Waals surface area contributed by atoms with Gasteiger partial charge in [-0.05, 0) is 62.7 Å². The topological polar surface area (TPSA) is 58.6 Å². The minimum Gasteiger partial charge on any atom is -0.491 e. The highest BCUT2D eigenvalue weighted by Gasteiger charge is 2.41. The molecule has 3 aromatic carbocycles. The van der Waals surface area contributed by atoms with E-state index in [0.717, 1.165) is 23.8 Å². The Balaban J connectivity index is 1.77. The van der Waals surface area contributed by atoms with Gasteiger partial charge in [0.1, 0.15) is 23.1 Å². The van der Waals surface area contributed by atoms with E-state index in [0.29, 0.717) is 21.9 Å². The highest BCUT2D eigenvalue weighted by atomic mass is 19.1. The molecule has 0 radical (unpaired) electrons. The molecule has 0 atom stereocenters. The zero-order chi connectivity index (χ0) is 23.7. The average molecular weight is 448 g/mol. The molecular weight excluding hydrogens is 426 g/mol. The lowest BCUT2D eigenvalue weighted by molar-refractivity contribution is -0.120. The second-order valence-electron chi connectivity index (χ2n) is 7.97. The van der Waals surface area contributed by atoms with Crippen LogP contribution in [-0.4, -0.2) is 17.9 Å². The predicted octanol–water partition coefficient (Wildman–Crippen LogP) is 5.46. The van der Waals surface area contributed by atoms with Crippen LogP contribution in [0, 0.1) is 18.6 Å². The Morgan fingerprint density at radius 1 is 0.879 bits per heavy atom. The summed E-state index contributed by atoms with van der Waals surface area (Å²) in [5, 5.41) is 2.99. The summed E-state index contributed by atoms with van der Waals surface area (Å²) in [5.41, 5.74) is 1.61. The molecular formula is C26H22F2N2O3. The monoisotopic (exact) mass is 448 g/mol. The van der Waals surface area contributed by atoms with Gasteiger partial charge in [0.05, 0.1) is 17.4 Å². The van der Waals surface area contributed by atoms with Crippen molar-refractivity contribution in [3.05, 3.63) is 95.2 Å². The first-order chi connectivity index (χ1) is 15.7. The number of halogens is 2. The highest BCUT2D eigenvalue weighted by molar-refractivity contribution is 6.46. The molecule has 1 N–H and O–H groups in total. The van der Waals surface area contributed by atoms with Crippen molar-refractivity contribution in [2.24, 2.45) is 0 Å². The molecule has 1 aliphatic rings. The number of benzene rings is 3. The van der Waals surface area contributed by atoms with E-state index in [9.17, 15) is 18.4 Å². The van der Waals surface area contributed by atoms with E-state index in [1.165, 1.54) is 0 Å². The van der Waals surface area contributed by atoms with Crippen molar-refractivity contribution in [2.75, 3.05) is 10.2 Å². The Morgan fingerprint density at radius 3 is 2.18 bits per heavy atom. The lowest BCUT2D eigenvalue weighted by Crippen LogP contribution is -2.33. The molecule has 0 aromatic heterocycles. The molecule has 168 valence electrons. The van der Waals surface area contributed by atoms with Crippen LogP contribution in [0.4, 0.5) is 20.2 Å². The summed E-state index contributed by atoms with van der Waals surface area (Å²) >= 11 is 0. The van der Waals surface area contributed by atoms with Crippen molar-refractivity contribution in [3.8, 4) is 5.75 Å². The SMILES string of the molecule is Cc1ccc(C2=C(Nc3ccc(OC(C)C)cc3)C(=O)N(c3cc(F)ccc3F)C2=O)cc1. The van der Waals surface area contributed by atoms with Crippen LogP contribution >= 0.6 is 0 Å². The smallest absolute Gasteiger partial charge is 0.282 e. The van der Waals surface area contributed by atoms with E-state index in [4.69, 9.17) is 4.74 Å². The summed E-state index contributed by atoms with van der Waals surface area (Å²) in [4.78, 5) is 27.3. The maximum atomic E-state index is 14.5. The molecule has 1 aliphatic heterocycles. The molecule has 0 saturated carbocycles. The largest absolute Gasteiger partial charge is 0.491 e. The first-order valence-corrected chi connectivity index (χ1v) is 10.4. The van der Waals surface area contributed by atoms with Gasteiger partial charge in [-0.15, -0.1) is 0 Å². The minimum absolute atomic E-state index is 0.00316. The third kappa shape index (κ3) is 4.48. The number of hydrogen-bond donors (Lipinski definition) is 1. The quantitative estimate of drug-likeness (QED) is 0.509. The third-order valence-corrected chi connectivity index (χ3v) is 5.07. The van der Waals surface area contributed by atoms with E-state index < -0.39 is 29.1 Å². The molecule has 0 bridgehead atoms. The summed E-state index contributed by atoms with van der Waals surface area (Å²) in [7, 11) is 0. The van der Waals surface area contributed by atoms with Gasteiger partial charge in [-0.25, -0.2) is 13.7 Å². The normalized spacial score (nSPS) is 13.8. The Hall–Kier alpha value is -4.00. The van der Waals surface area contributed by atoms with E-state index in [-0.39, 0.29) is 17.4 Å². The molecule has 2 amide bonds. The fraction of sp³-hybridized carbons (Fsp3) is 0.154. The van der Waals surface area contributed by atoms with Gasteiger partial charge in [-0.2, -0.15) is 0 Å². The van der Waals surface area contributed by atoms with Crippen LogP contribution in [0.3, 0.4) is 0 Å². The molecule has 0 unspecified atom stereocenters. The number of carbonyl (C=O) groups excluding carboxylic acids is 2. The molecule has 1 heterocycles. The van der Waals surface area contributed by atoms with Crippen LogP contribution in [0.15, 0.2) is 72.4 Å². The number of nitrogens with one attached hydrogen (secondary N) is 1. The predicted molar refractivity (Wildman–Crippen MR) is 123 cm³/mol. The van der Waals surface area contributed by atoms with Gasteiger partial charge in [0.15, 0.2) is 0 Å². The molecule has 0 aliphatic carbocycles. The van der Waals surface area contributed by atoms with Gasteiger partial charge in [0.2, 0.25) is 0 Å². The number of nitrogens with zero attached hydrogens (tertiary/aromatic N) is 1. The first-order valence-electron chi connectivity index (χ1n) is 10.4. The van der Waals surface area contributed by atoms with E-state index >= 15 is 0 Å². The molecule has 3 aromatic rings. The van der Waals surface area contributed by atoms with E-state index in [1.54, 1.807) is 48.5 Å². The fourth-order valence-electron chi connectivity index (χ4n) is 3.54. The van der Waals surface area contributed by atoms with E-state index in [1.807, 2.05) is 20.8 Å². The second kappa shape index (κ2) is 8.86. The van der Waals surface area contributed by atoms with Crippen LogP contribution in [0.2, 0.25) is 0 Å². The van der Waals surface area contributed by atoms with Crippen LogP contribution in [0.25, 0.3) is 5.57 Å². The average Bonchev–Trinajstić information content (AvgIpc) is 3.01. The first kappa shape index (κ1) is 22.2. The standard InChI is InChI=1S/C26H22F2N2O3/c1-15(2)33-20-11-9-19(10-12-20)29-24-23(17-6-4-16(3)5-7-17)25(31)30(26(24)32)22-14-18(27)8-13-21(22)28/h4-15,29H,1-3H3. The minimum atomic E-state index is -0.877. The lowest BCUT2D eigenvalue weighted by Gasteiger charge is -2.16. The Bertz CT molecular complexity index is 1250. The van der Waals surface area contributed by atoms with Crippen molar-refractivity contribution in [1.29, 1.82) is 0 Å². The van der Waals surface area contributed by atoms with Gasteiger partial charge in [-0.1, -0.05) is 29.8 Å². The summed E-state index contributed by atoms with van der Waals surface area (Å²) in [6.45, 7) is 5.72. The lowest BCUT2D eigenvalue weighted by atomic mass is 10.0. The van der Waals surface area contributed by atoms with Gasteiger partial charge < -0.3 is 10.1 Å². The van der Waals surface area contributed by atoms with Crippen LogP contribution in [0.5, 0.6) is 5.75 Å². The number of carbonyl (C=O) groups is 2. The molecule has 0 spiro atoms. The number of amides is 2. The molecule has 33 heavy (non-hydrogen) atoms. The summed E-state index contributed by atoms with van der Waals surface area (Å²) < 4.78 is 34.0. The van der Waals surface area contributed by atoms with Gasteiger partial charge in [0, 0.05) is 11.8 Å². The van der Waals surface area contributed by atoms with E-state index in [2.05, 4.69) is 5.32 Å². The summed E-state index contributed by atoms with van der Waals surface area (Å²) in [5.74, 6) is -2.50. The highest BCUT2D eigenvalue weighted by Crippen LogP contribution is 2.35. The van der Waals surface area contributed by atoms with Gasteiger partial charge in [-0.3, -0.25) is 9.59 Å². The number of rotatable bonds is 6. The molecule has 0 saturated heterocycles. The van der Waals surface area contributed by atoms with Crippen molar-refractivity contribution < 1.29 is 23.1 Å². The number of aryl methyl sites for hydroxylation is 1. The molecule has 4 rings (SSSR count). The van der Waals surface area contributed by atoms with Gasteiger partial charge >= 0.3 is 0 Å². The van der Waals surface area contributed by atoms with Crippen molar-refractivity contribution in [1.82, 2.24) is 0 Å². The maximum absolute atomic E-state index is 14.5. The Morgan fingerprint density at radius 2 is 1.55 bits per heavy atom.